The first kappa shape index (κ1) is 15.1. The van der Waals surface area contributed by atoms with Crippen molar-refractivity contribution in [2.75, 3.05) is 12.4 Å². The van der Waals surface area contributed by atoms with Crippen molar-refractivity contribution in [1.29, 1.82) is 0 Å². The molecule has 0 aliphatic heterocycles. The van der Waals surface area contributed by atoms with Crippen LogP contribution in [-0.4, -0.2) is 12.4 Å². The highest BCUT2D eigenvalue weighted by molar-refractivity contribution is 9.09. The maximum atomic E-state index is 6.02. The molecular formula is C17H25BrO. The van der Waals surface area contributed by atoms with E-state index >= 15 is 0 Å². The van der Waals surface area contributed by atoms with E-state index in [0.29, 0.717) is 5.92 Å². The lowest BCUT2D eigenvalue weighted by Gasteiger charge is -2.34. The van der Waals surface area contributed by atoms with Gasteiger partial charge in [0.15, 0.2) is 0 Å². The number of hydrogen-bond acceptors (Lipinski definition) is 1. The Labute approximate surface area is 125 Å². The summed E-state index contributed by atoms with van der Waals surface area (Å²) in [7, 11) is 1.86. The first-order valence-corrected chi connectivity index (χ1v) is 8.22. The molecule has 106 valence electrons. The lowest BCUT2D eigenvalue weighted by Crippen LogP contribution is -2.33. The molecule has 1 aliphatic rings. The van der Waals surface area contributed by atoms with Crippen LogP contribution < -0.4 is 0 Å². The average molecular weight is 325 g/mol. The molecule has 0 N–H and O–H groups in total. The minimum absolute atomic E-state index is 0.111. The Morgan fingerprint density at radius 1 is 1.37 bits per heavy atom. The summed E-state index contributed by atoms with van der Waals surface area (Å²) in [6, 6.07) is 6.97. The number of halogens is 1. The summed E-state index contributed by atoms with van der Waals surface area (Å²) in [6.45, 7) is 9.12. The lowest BCUT2D eigenvalue weighted by atomic mass is 9.81. The van der Waals surface area contributed by atoms with Crippen LogP contribution in [0.5, 0.6) is 0 Å². The van der Waals surface area contributed by atoms with Crippen molar-refractivity contribution in [1.82, 2.24) is 0 Å². The maximum Gasteiger partial charge on any atom is 0.0966 e. The predicted octanol–water partition coefficient (Wildman–Crippen LogP) is 4.80. The number of hydrogen-bond donors (Lipinski definition) is 0. The fourth-order valence-corrected chi connectivity index (χ4v) is 3.90. The predicted molar refractivity (Wildman–Crippen MR) is 85.1 cm³/mol. The monoisotopic (exact) mass is 324 g/mol. The van der Waals surface area contributed by atoms with Gasteiger partial charge in [-0.15, -0.1) is 0 Å². The van der Waals surface area contributed by atoms with Crippen LogP contribution in [0.1, 0.15) is 50.8 Å². The van der Waals surface area contributed by atoms with E-state index < -0.39 is 0 Å². The highest BCUT2D eigenvalue weighted by Crippen LogP contribution is 2.47. The minimum Gasteiger partial charge on any atom is -0.373 e. The quantitative estimate of drug-likeness (QED) is 0.725. The molecule has 2 heteroatoms. The molecule has 0 fully saturated rings. The van der Waals surface area contributed by atoms with Gasteiger partial charge in [0, 0.05) is 12.4 Å². The first-order valence-electron chi connectivity index (χ1n) is 7.10. The van der Waals surface area contributed by atoms with Gasteiger partial charge >= 0.3 is 0 Å². The smallest absolute Gasteiger partial charge is 0.0966 e. The highest BCUT2D eigenvalue weighted by Gasteiger charge is 2.44. The summed E-state index contributed by atoms with van der Waals surface area (Å²) in [4.78, 5) is 0. The lowest BCUT2D eigenvalue weighted by molar-refractivity contribution is -0.0504. The van der Waals surface area contributed by atoms with Gasteiger partial charge in [0.2, 0.25) is 0 Å². The van der Waals surface area contributed by atoms with Gasteiger partial charge in [-0.05, 0) is 40.9 Å². The molecular weight excluding hydrogens is 300 g/mol. The third-order valence-electron chi connectivity index (χ3n) is 4.58. The maximum absolute atomic E-state index is 6.02. The zero-order valence-electron chi connectivity index (χ0n) is 12.7. The van der Waals surface area contributed by atoms with Crippen molar-refractivity contribution < 1.29 is 4.74 Å². The Morgan fingerprint density at radius 3 is 2.58 bits per heavy atom. The Hall–Kier alpha value is -0.340. The van der Waals surface area contributed by atoms with E-state index in [0.717, 1.165) is 18.2 Å². The number of benzene rings is 1. The van der Waals surface area contributed by atoms with Gasteiger partial charge in [0.25, 0.3) is 0 Å². The van der Waals surface area contributed by atoms with E-state index in [2.05, 4.69) is 61.8 Å². The molecule has 1 nitrogen and oxygen atoms in total. The van der Waals surface area contributed by atoms with Crippen LogP contribution in [-0.2, 0) is 22.2 Å². The Morgan fingerprint density at radius 2 is 2.05 bits per heavy atom. The highest BCUT2D eigenvalue weighted by atomic mass is 79.9. The molecule has 2 rings (SSSR count). The van der Waals surface area contributed by atoms with Crippen molar-refractivity contribution >= 4 is 15.9 Å². The van der Waals surface area contributed by atoms with E-state index in [9.17, 15) is 0 Å². The van der Waals surface area contributed by atoms with E-state index in [-0.39, 0.29) is 11.0 Å². The van der Waals surface area contributed by atoms with Crippen molar-refractivity contribution in [3.63, 3.8) is 0 Å². The molecule has 1 aliphatic carbocycles. The summed E-state index contributed by atoms with van der Waals surface area (Å²) in [5.74, 6) is 0.542. The number of rotatable bonds is 3. The summed E-state index contributed by atoms with van der Waals surface area (Å²) >= 11 is 3.59. The van der Waals surface area contributed by atoms with Gasteiger partial charge in [0.1, 0.15) is 0 Å². The second-order valence-corrected chi connectivity index (χ2v) is 7.55. The minimum atomic E-state index is -0.111. The number of alkyl halides is 1. The number of fused-ring (bicyclic) bond motifs is 1. The second kappa shape index (κ2) is 5.21. The van der Waals surface area contributed by atoms with Gasteiger partial charge in [-0.3, -0.25) is 0 Å². The van der Waals surface area contributed by atoms with Crippen LogP contribution in [0.15, 0.2) is 18.2 Å². The van der Waals surface area contributed by atoms with Crippen LogP contribution in [0.25, 0.3) is 0 Å². The van der Waals surface area contributed by atoms with Gasteiger partial charge in [-0.25, -0.2) is 0 Å². The molecule has 2 unspecified atom stereocenters. The van der Waals surface area contributed by atoms with E-state index in [1.807, 2.05) is 7.11 Å². The topological polar surface area (TPSA) is 9.23 Å². The SMILES string of the molecule is COC1(CCBr)c2cc(C(C)(C)C)ccc2CC1C. The van der Waals surface area contributed by atoms with Crippen LogP contribution >= 0.6 is 15.9 Å². The summed E-state index contributed by atoms with van der Waals surface area (Å²) in [5.41, 5.74) is 4.35. The third kappa shape index (κ3) is 2.50. The van der Waals surface area contributed by atoms with E-state index in [1.54, 1.807) is 0 Å². The molecule has 0 heterocycles. The molecule has 0 saturated carbocycles. The zero-order valence-corrected chi connectivity index (χ0v) is 14.3. The zero-order chi connectivity index (χ0) is 14.3. The molecule has 19 heavy (non-hydrogen) atoms. The average Bonchev–Trinajstić information content (AvgIpc) is 2.61. The van der Waals surface area contributed by atoms with Crippen LogP contribution in [0, 0.1) is 5.92 Å². The van der Waals surface area contributed by atoms with Gasteiger partial charge in [0.05, 0.1) is 5.60 Å². The van der Waals surface area contributed by atoms with Crippen molar-refractivity contribution in [2.24, 2.45) is 5.92 Å². The molecule has 0 saturated heterocycles. The van der Waals surface area contributed by atoms with Crippen molar-refractivity contribution in [3.05, 3.63) is 34.9 Å². The molecule has 0 amide bonds. The molecule has 0 bridgehead atoms. The molecule has 0 spiro atoms. The molecule has 1 aromatic rings. The molecule has 2 atom stereocenters. The largest absolute Gasteiger partial charge is 0.373 e. The third-order valence-corrected chi connectivity index (χ3v) is 4.98. The first-order chi connectivity index (χ1) is 8.85. The van der Waals surface area contributed by atoms with Crippen molar-refractivity contribution in [2.45, 2.75) is 51.6 Å². The van der Waals surface area contributed by atoms with Crippen LogP contribution in [0.3, 0.4) is 0 Å². The summed E-state index contributed by atoms with van der Waals surface area (Å²) < 4.78 is 6.02. The van der Waals surface area contributed by atoms with Crippen molar-refractivity contribution in [3.8, 4) is 0 Å². The number of methoxy groups -OCH3 is 1. The molecule has 0 aromatic heterocycles. The van der Waals surface area contributed by atoms with Gasteiger partial charge in [-0.2, -0.15) is 0 Å². The van der Waals surface area contributed by atoms with E-state index in [4.69, 9.17) is 4.74 Å². The Bertz CT molecular complexity index is 461. The number of ether oxygens (including phenoxy) is 1. The van der Waals surface area contributed by atoms with Gasteiger partial charge in [-0.1, -0.05) is 61.8 Å². The second-order valence-electron chi connectivity index (χ2n) is 6.76. The molecule has 1 aromatic carbocycles. The van der Waals surface area contributed by atoms with E-state index in [1.165, 1.54) is 16.7 Å². The fourth-order valence-electron chi connectivity index (χ4n) is 3.31. The normalized spacial score (nSPS) is 26.5. The molecule has 0 radical (unpaired) electrons. The fraction of sp³-hybridized carbons (Fsp3) is 0.647. The Balaban J connectivity index is 2.54. The summed E-state index contributed by atoms with van der Waals surface area (Å²) in [5, 5.41) is 0.977. The van der Waals surface area contributed by atoms with Crippen LogP contribution in [0.2, 0.25) is 0 Å². The van der Waals surface area contributed by atoms with Crippen LogP contribution in [0.4, 0.5) is 0 Å². The Kier molecular flexibility index (Phi) is 4.13. The summed E-state index contributed by atoms with van der Waals surface area (Å²) in [6.07, 6.45) is 2.16. The standard InChI is InChI=1S/C17H25BrO/c1-12-10-13-6-7-14(16(2,3)4)11-15(13)17(12,19-5)8-9-18/h6-7,11-12H,8-10H2,1-5H3. The van der Waals surface area contributed by atoms with Gasteiger partial charge < -0.3 is 4.74 Å².